The van der Waals surface area contributed by atoms with Crippen LogP contribution in [0.4, 0.5) is 14.1 Å². The second-order valence-electron chi connectivity index (χ2n) is 0.689. The van der Waals surface area contributed by atoms with Crippen LogP contribution in [0.2, 0.25) is 0 Å². The summed E-state index contributed by atoms with van der Waals surface area (Å²) in [6.07, 6.45) is 1.08. The number of hydrogen-bond acceptors (Lipinski definition) is 0. The second kappa shape index (κ2) is 36.3. The first-order valence-electron chi connectivity index (χ1n) is 1.47. The molecule has 0 spiro atoms. The Bertz CT molecular complexity index is 12.1. The monoisotopic (exact) mass is 138 g/mol. The predicted molar refractivity (Wildman–Crippen MR) is 28.5 cm³/mol. The molecule has 0 aliphatic carbocycles. The van der Waals surface area contributed by atoms with E-state index in [1.165, 1.54) is 0 Å². The van der Waals surface area contributed by atoms with Gasteiger partial charge in [-0.1, -0.05) is 6.92 Å². The van der Waals surface area contributed by atoms with Crippen LogP contribution in [0.25, 0.3) is 0 Å². The summed E-state index contributed by atoms with van der Waals surface area (Å²) in [4.78, 5) is 0. The zero-order valence-electron chi connectivity index (χ0n) is 4.02. The van der Waals surface area contributed by atoms with E-state index in [9.17, 15) is 0 Å². The summed E-state index contributed by atoms with van der Waals surface area (Å²) in [5.74, 6) is 0.792. The van der Waals surface area contributed by atoms with Crippen molar-refractivity contribution in [2.75, 3.05) is 5.88 Å². The highest BCUT2D eigenvalue weighted by Gasteiger charge is 1.59. The first kappa shape index (κ1) is 27.6. The van der Waals surface area contributed by atoms with Crippen molar-refractivity contribution in [1.82, 2.24) is 0 Å². The van der Waals surface area contributed by atoms with E-state index in [4.69, 9.17) is 11.6 Å². The molecule has 0 aliphatic heterocycles. The van der Waals surface area contributed by atoms with Gasteiger partial charge in [0.05, 0.1) is 0 Å². The zero-order chi connectivity index (χ0) is 3.41. The molecule has 0 rings (SSSR count). The van der Waals surface area contributed by atoms with E-state index >= 15 is 0 Å². The molecular formula is C3H10ClF3. The van der Waals surface area contributed by atoms with E-state index in [0.29, 0.717) is 0 Å². The van der Waals surface area contributed by atoms with Crippen LogP contribution in [0.5, 0.6) is 0 Å². The zero-order valence-corrected chi connectivity index (χ0v) is 4.77. The van der Waals surface area contributed by atoms with Crippen LogP contribution in [-0.2, 0) is 0 Å². The van der Waals surface area contributed by atoms with Crippen molar-refractivity contribution in [2.45, 2.75) is 13.3 Å². The molecule has 4 heteroatoms. The minimum atomic E-state index is 0. The lowest BCUT2D eigenvalue weighted by Gasteiger charge is -1.65. The summed E-state index contributed by atoms with van der Waals surface area (Å²) >= 11 is 5.19. The SMILES string of the molecule is CCCCl.F.F.F. The molecule has 0 aromatic heterocycles. The molecule has 0 heterocycles. The van der Waals surface area contributed by atoms with Crippen LogP contribution in [0.15, 0.2) is 0 Å². The molecule has 0 N–H and O–H groups in total. The molecule has 0 unspecified atom stereocenters. The van der Waals surface area contributed by atoms with Crippen molar-refractivity contribution in [1.29, 1.82) is 0 Å². The van der Waals surface area contributed by atoms with Crippen molar-refractivity contribution in [3.8, 4) is 0 Å². The molecule has 0 atom stereocenters. The Morgan fingerprint density at radius 1 is 1.14 bits per heavy atom. The van der Waals surface area contributed by atoms with Gasteiger partial charge in [-0.2, -0.15) is 0 Å². The van der Waals surface area contributed by atoms with E-state index in [2.05, 4.69) is 0 Å². The summed E-state index contributed by atoms with van der Waals surface area (Å²) in [5, 5.41) is 0. The van der Waals surface area contributed by atoms with Gasteiger partial charge in [-0.25, -0.2) is 0 Å². The van der Waals surface area contributed by atoms with Crippen LogP contribution in [0, 0.1) is 0 Å². The quantitative estimate of drug-likeness (QED) is 0.487. The summed E-state index contributed by atoms with van der Waals surface area (Å²) in [5.41, 5.74) is 0. The fourth-order valence-corrected chi connectivity index (χ4v) is 0. The molecule has 0 fully saturated rings. The average Bonchev–Trinajstić information content (AvgIpc) is 1.37. The third kappa shape index (κ3) is 86.8. The maximum absolute atomic E-state index is 5.19. The fraction of sp³-hybridized carbons (Fsp3) is 1.00. The van der Waals surface area contributed by atoms with E-state index in [1.807, 2.05) is 6.92 Å². The van der Waals surface area contributed by atoms with E-state index in [1.54, 1.807) is 0 Å². The molecule has 0 radical (unpaired) electrons. The summed E-state index contributed by atoms with van der Waals surface area (Å²) in [6, 6.07) is 0. The maximum Gasteiger partial charge on any atom is 0.0220 e. The van der Waals surface area contributed by atoms with E-state index < -0.39 is 0 Å². The van der Waals surface area contributed by atoms with E-state index in [0.717, 1.165) is 12.3 Å². The molecule has 0 nitrogen and oxygen atoms in total. The largest absolute Gasteiger partial charge is 0.269 e. The van der Waals surface area contributed by atoms with Crippen LogP contribution < -0.4 is 0 Å². The van der Waals surface area contributed by atoms with Gasteiger partial charge in [-0.05, 0) is 6.42 Å². The van der Waals surface area contributed by atoms with Crippen LogP contribution in [0.1, 0.15) is 13.3 Å². The Balaban J connectivity index is -0.0000000150. The summed E-state index contributed by atoms with van der Waals surface area (Å²) in [7, 11) is 0. The molecule has 0 bridgehead atoms. The molecule has 0 aliphatic rings. The highest BCUT2D eigenvalue weighted by molar-refractivity contribution is 6.17. The van der Waals surface area contributed by atoms with E-state index in [-0.39, 0.29) is 14.1 Å². The highest BCUT2D eigenvalue weighted by atomic mass is 35.5. The first-order chi connectivity index (χ1) is 1.91. The topological polar surface area (TPSA) is 0 Å². The van der Waals surface area contributed by atoms with Gasteiger partial charge in [-0.3, -0.25) is 14.1 Å². The molecular weight excluding hydrogens is 128 g/mol. The number of rotatable bonds is 1. The van der Waals surface area contributed by atoms with Crippen LogP contribution in [0.3, 0.4) is 0 Å². The van der Waals surface area contributed by atoms with Crippen LogP contribution >= 0.6 is 11.6 Å². The molecule has 7 heavy (non-hydrogen) atoms. The molecule has 50 valence electrons. The molecule has 0 aromatic rings. The third-order valence-electron chi connectivity index (χ3n) is 0.189. The Kier molecular flexibility index (Phi) is 143. The lowest BCUT2D eigenvalue weighted by Crippen LogP contribution is -1.55. The normalized spacial score (nSPS) is 4.29. The lowest BCUT2D eigenvalue weighted by molar-refractivity contribution is 1.10. The minimum Gasteiger partial charge on any atom is -0.269 e. The maximum atomic E-state index is 5.19. The molecule has 0 saturated carbocycles. The third-order valence-corrected chi connectivity index (χ3v) is 0.567. The van der Waals surface area contributed by atoms with Crippen molar-refractivity contribution in [3.63, 3.8) is 0 Å². The Hall–Kier alpha value is 0.0800. The standard InChI is InChI=1S/C3H7Cl.3FH/c1-2-3-4;;;/h2-3H2,1H3;3*1H. The van der Waals surface area contributed by atoms with Crippen LogP contribution in [-0.4, -0.2) is 5.88 Å². The van der Waals surface area contributed by atoms with Gasteiger partial charge in [0, 0.05) is 5.88 Å². The molecule has 0 saturated heterocycles. The number of halogens is 4. The predicted octanol–water partition coefficient (Wildman–Crippen LogP) is 2.09. The Morgan fingerprint density at radius 2 is 1.29 bits per heavy atom. The minimum absolute atomic E-state index is 0. The van der Waals surface area contributed by atoms with Crippen molar-refractivity contribution >= 4 is 11.6 Å². The first-order valence-corrected chi connectivity index (χ1v) is 2.01. The number of hydrogen-bond donors (Lipinski definition) is 0. The van der Waals surface area contributed by atoms with Crippen molar-refractivity contribution < 1.29 is 14.1 Å². The van der Waals surface area contributed by atoms with Gasteiger partial charge in [0.1, 0.15) is 0 Å². The fourth-order valence-electron chi connectivity index (χ4n) is 0. The number of alkyl halides is 1. The lowest BCUT2D eigenvalue weighted by atomic mass is 10.6. The molecule has 0 aromatic carbocycles. The van der Waals surface area contributed by atoms with Crippen molar-refractivity contribution in [2.24, 2.45) is 0 Å². The summed E-state index contributed by atoms with van der Waals surface area (Å²) in [6.45, 7) is 2.05. The van der Waals surface area contributed by atoms with Gasteiger partial charge in [0.15, 0.2) is 0 Å². The Labute approximate surface area is 46.0 Å². The van der Waals surface area contributed by atoms with Gasteiger partial charge >= 0.3 is 0 Å². The molecule has 0 amide bonds. The highest BCUT2D eigenvalue weighted by Crippen LogP contribution is 1.75. The van der Waals surface area contributed by atoms with Gasteiger partial charge in [0.25, 0.3) is 0 Å². The van der Waals surface area contributed by atoms with Gasteiger partial charge in [-0.15, -0.1) is 11.6 Å². The van der Waals surface area contributed by atoms with Gasteiger partial charge in [0.2, 0.25) is 0 Å². The Morgan fingerprint density at radius 3 is 1.29 bits per heavy atom. The van der Waals surface area contributed by atoms with Gasteiger partial charge < -0.3 is 0 Å². The second-order valence-corrected chi connectivity index (χ2v) is 1.07. The smallest absolute Gasteiger partial charge is 0.0220 e. The summed E-state index contributed by atoms with van der Waals surface area (Å²) < 4.78 is 0. The van der Waals surface area contributed by atoms with Crippen molar-refractivity contribution in [3.05, 3.63) is 0 Å². The average molecular weight is 139 g/mol.